The summed E-state index contributed by atoms with van der Waals surface area (Å²) in [6.45, 7) is 4.57. The van der Waals surface area contributed by atoms with Crippen LogP contribution in [0.1, 0.15) is 21.5 Å². The number of para-hydroxylation sites is 1. The predicted octanol–water partition coefficient (Wildman–Crippen LogP) is 5.81. The highest BCUT2D eigenvalue weighted by Crippen LogP contribution is 2.22. The number of nitrogens with one attached hydrogen (secondary N) is 2. The summed E-state index contributed by atoms with van der Waals surface area (Å²) in [7, 11) is -3.76. The third kappa shape index (κ3) is 7.11. The Hall–Kier alpha value is -4.30. The van der Waals surface area contributed by atoms with E-state index in [2.05, 4.69) is 10.0 Å². The molecule has 0 saturated heterocycles. The molecule has 8 heteroatoms. The van der Waals surface area contributed by atoms with E-state index in [9.17, 15) is 13.2 Å². The monoisotopic (exact) mass is 516 g/mol. The fourth-order valence-corrected chi connectivity index (χ4v) is 4.72. The lowest BCUT2D eigenvalue weighted by molar-refractivity contribution is 0.102. The molecule has 0 aliphatic rings. The molecule has 0 bridgehead atoms. The van der Waals surface area contributed by atoms with Gasteiger partial charge in [-0.2, -0.15) is 0 Å². The topological polar surface area (TPSA) is 93.7 Å². The highest BCUT2D eigenvalue weighted by atomic mass is 32.2. The molecule has 0 aliphatic heterocycles. The number of hydrogen-bond acceptors (Lipinski definition) is 5. The van der Waals surface area contributed by atoms with Gasteiger partial charge < -0.3 is 14.8 Å². The van der Waals surface area contributed by atoms with Gasteiger partial charge in [0.2, 0.25) is 0 Å². The summed E-state index contributed by atoms with van der Waals surface area (Å²) in [4.78, 5) is 12.7. The van der Waals surface area contributed by atoms with Crippen molar-refractivity contribution >= 4 is 27.3 Å². The Kier molecular flexibility index (Phi) is 8.10. The first kappa shape index (κ1) is 25.8. The van der Waals surface area contributed by atoms with Gasteiger partial charge in [0.05, 0.1) is 10.6 Å². The highest BCUT2D eigenvalue weighted by molar-refractivity contribution is 7.92. The Morgan fingerprint density at radius 1 is 0.757 bits per heavy atom. The molecule has 0 saturated carbocycles. The molecule has 2 N–H and O–H groups in total. The van der Waals surface area contributed by atoms with Crippen LogP contribution in [0.25, 0.3) is 0 Å². The third-order valence-corrected chi connectivity index (χ3v) is 6.91. The molecular weight excluding hydrogens is 488 g/mol. The van der Waals surface area contributed by atoms with Crippen LogP contribution in [0.3, 0.4) is 0 Å². The lowest BCUT2D eigenvalue weighted by Gasteiger charge is -2.12. The first-order chi connectivity index (χ1) is 17.8. The number of sulfonamides is 1. The van der Waals surface area contributed by atoms with Crippen molar-refractivity contribution in [3.05, 3.63) is 114 Å². The molecule has 7 nitrogen and oxygen atoms in total. The van der Waals surface area contributed by atoms with Crippen molar-refractivity contribution in [2.75, 3.05) is 23.3 Å². The number of anilines is 2. The molecule has 190 valence electrons. The number of rotatable bonds is 10. The standard InChI is InChI=1S/C29H28N2O5S/c1-21-8-17-28(22(2)20-21)31-37(33,34)27-15-11-24(12-16-27)30-29(32)23-9-13-26(14-10-23)36-19-18-35-25-6-4-3-5-7-25/h3-17,20,31H,18-19H2,1-2H3,(H,30,32). The second-order valence-corrected chi connectivity index (χ2v) is 10.1. The van der Waals surface area contributed by atoms with Gasteiger partial charge in [-0.3, -0.25) is 9.52 Å². The van der Waals surface area contributed by atoms with Crippen LogP contribution >= 0.6 is 0 Å². The number of ether oxygens (including phenoxy) is 2. The maximum atomic E-state index is 12.8. The lowest BCUT2D eigenvalue weighted by atomic mass is 10.1. The summed E-state index contributed by atoms with van der Waals surface area (Å²) < 4.78 is 39.4. The lowest BCUT2D eigenvalue weighted by Crippen LogP contribution is -2.15. The molecule has 0 aromatic heterocycles. The molecule has 0 spiro atoms. The Morgan fingerprint density at radius 3 is 2.00 bits per heavy atom. The second-order valence-electron chi connectivity index (χ2n) is 8.44. The van der Waals surface area contributed by atoms with Crippen LogP contribution in [0.4, 0.5) is 11.4 Å². The van der Waals surface area contributed by atoms with Gasteiger partial charge in [-0.1, -0.05) is 35.9 Å². The first-order valence-electron chi connectivity index (χ1n) is 11.7. The van der Waals surface area contributed by atoms with Crippen LogP contribution in [-0.4, -0.2) is 27.5 Å². The molecule has 0 heterocycles. The smallest absolute Gasteiger partial charge is 0.261 e. The Morgan fingerprint density at radius 2 is 1.38 bits per heavy atom. The van der Waals surface area contributed by atoms with Gasteiger partial charge in [0.25, 0.3) is 15.9 Å². The fourth-order valence-electron chi connectivity index (χ4n) is 3.59. The number of aryl methyl sites for hydroxylation is 2. The van der Waals surface area contributed by atoms with Gasteiger partial charge in [-0.25, -0.2) is 8.42 Å². The predicted molar refractivity (Wildman–Crippen MR) is 145 cm³/mol. The summed E-state index contributed by atoms with van der Waals surface area (Å²) in [5, 5.41) is 2.78. The zero-order valence-corrected chi connectivity index (χ0v) is 21.4. The molecule has 0 radical (unpaired) electrons. The number of carbonyl (C=O) groups is 1. The van der Waals surface area contributed by atoms with E-state index in [1.165, 1.54) is 12.1 Å². The molecule has 1 amide bonds. The maximum absolute atomic E-state index is 12.8. The van der Waals surface area contributed by atoms with Gasteiger partial charge in [0, 0.05) is 11.3 Å². The Labute approximate surface area is 217 Å². The first-order valence-corrected chi connectivity index (χ1v) is 13.2. The van der Waals surface area contributed by atoms with Crippen LogP contribution in [0.5, 0.6) is 11.5 Å². The van der Waals surface area contributed by atoms with Crippen LogP contribution in [0, 0.1) is 13.8 Å². The summed E-state index contributed by atoms with van der Waals surface area (Å²) in [6.07, 6.45) is 0. The van der Waals surface area contributed by atoms with E-state index in [4.69, 9.17) is 9.47 Å². The van der Waals surface area contributed by atoms with Crippen LogP contribution in [-0.2, 0) is 10.0 Å². The van der Waals surface area contributed by atoms with Gasteiger partial charge in [0.1, 0.15) is 24.7 Å². The van der Waals surface area contributed by atoms with E-state index in [0.717, 1.165) is 16.9 Å². The maximum Gasteiger partial charge on any atom is 0.261 e. The minimum absolute atomic E-state index is 0.100. The molecule has 37 heavy (non-hydrogen) atoms. The van der Waals surface area contributed by atoms with Crippen LogP contribution in [0.2, 0.25) is 0 Å². The van der Waals surface area contributed by atoms with Crippen molar-refractivity contribution in [1.82, 2.24) is 0 Å². The van der Waals surface area contributed by atoms with E-state index in [-0.39, 0.29) is 10.8 Å². The van der Waals surface area contributed by atoms with Crippen molar-refractivity contribution in [2.45, 2.75) is 18.7 Å². The quantitative estimate of drug-likeness (QED) is 0.259. The number of benzene rings is 4. The van der Waals surface area contributed by atoms with E-state index in [1.54, 1.807) is 42.5 Å². The molecule has 4 aromatic carbocycles. The van der Waals surface area contributed by atoms with Gasteiger partial charge in [0.15, 0.2) is 0 Å². The second kappa shape index (κ2) is 11.6. The highest BCUT2D eigenvalue weighted by Gasteiger charge is 2.16. The number of amides is 1. The van der Waals surface area contributed by atoms with Crippen molar-refractivity contribution in [1.29, 1.82) is 0 Å². The van der Waals surface area contributed by atoms with Crippen molar-refractivity contribution in [2.24, 2.45) is 0 Å². The summed E-state index contributed by atoms with van der Waals surface area (Å²) in [6, 6.07) is 27.8. The van der Waals surface area contributed by atoms with E-state index in [0.29, 0.717) is 35.9 Å². The molecule has 0 aliphatic carbocycles. The molecule has 4 rings (SSSR count). The summed E-state index contributed by atoms with van der Waals surface area (Å²) in [5.74, 6) is 1.09. The molecule has 0 unspecified atom stereocenters. The molecule has 0 atom stereocenters. The largest absolute Gasteiger partial charge is 0.490 e. The minimum atomic E-state index is -3.76. The normalized spacial score (nSPS) is 11.0. The van der Waals surface area contributed by atoms with E-state index >= 15 is 0 Å². The number of hydrogen-bond donors (Lipinski definition) is 2. The van der Waals surface area contributed by atoms with E-state index < -0.39 is 10.0 Å². The number of carbonyl (C=O) groups excluding carboxylic acids is 1. The molecule has 4 aromatic rings. The average molecular weight is 517 g/mol. The van der Waals surface area contributed by atoms with Gasteiger partial charge in [-0.15, -0.1) is 0 Å². The van der Waals surface area contributed by atoms with Crippen molar-refractivity contribution < 1.29 is 22.7 Å². The van der Waals surface area contributed by atoms with Gasteiger partial charge >= 0.3 is 0 Å². The van der Waals surface area contributed by atoms with Crippen molar-refractivity contribution in [3.8, 4) is 11.5 Å². The summed E-state index contributed by atoms with van der Waals surface area (Å²) in [5.41, 5.74) is 3.34. The zero-order valence-electron chi connectivity index (χ0n) is 20.6. The third-order valence-electron chi connectivity index (χ3n) is 5.53. The molecule has 0 fully saturated rings. The fraction of sp³-hybridized carbons (Fsp3) is 0.138. The minimum Gasteiger partial charge on any atom is -0.490 e. The average Bonchev–Trinajstić information content (AvgIpc) is 2.89. The molecular formula is C29H28N2O5S. The van der Waals surface area contributed by atoms with E-state index in [1.807, 2.05) is 56.3 Å². The van der Waals surface area contributed by atoms with Crippen LogP contribution < -0.4 is 19.5 Å². The zero-order chi connectivity index (χ0) is 26.3. The summed E-state index contributed by atoms with van der Waals surface area (Å²) >= 11 is 0. The van der Waals surface area contributed by atoms with Crippen LogP contribution in [0.15, 0.2) is 102 Å². The SMILES string of the molecule is Cc1ccc(NS(=O)(=O)c2ccc(NC(=O)c3ccc(OCCOc4ccccc4)cc3)cc2)c(C)c1. The Balaban J connectivity index is 1.29. The van der Waals surface area contributed by atoms with Crippen molar-refractivity contribution in [3.63, 3.8) is 0 Å². The Bertz CT molecular complexity index is 1450. The van der Waals surface area contributed by atoms with Gasteiger partial charge in [-0.05, 0) is 86.1 Å².